The van der Waals surface area contributed by atoms with E-state index < -0.39 is 23.2 Å². The van der Waals surface area contributed by atoms with Crippen LogP contribution in [0.2, 0.25) is 0 Å². The molecule has 0 aliphatic carbocycles. The Balaban J connectivity index is 1.80. The summed E-state index contributed by atoms with van der Waals surface area (Å²) in [6, 6.07) is 12.5. The molecule has 0 radical (unpaired) electrons. The lowest BCUT2D eigenvalue weighted by molar-refractivity contribution is -0.138. The molecular formula is C21H16F3N3O2S2. The number of nitrogens with one attached hydrogen (secondary N) is 1. The SMILES string of the molecule is CCOc1ccc(NC(=O)CSc2nc(-c3cccs3)cc(C(F)(F)F)c2C#N)cc1. The highest BCUT2D eigenvalue weighted by molar-refractivity contribution is 8.00. The molecule has 2 heterocycles. The Morgan fingerprint density at radius 1 is 1.29 bits per heavy atom. The van der Waals surface area contributed by atoms with Crippen molar-refractivity contribution in [2.24, 2.45) is 0 Å². The van der Waals surface area contributed by atoms with E-state index in [4.69, 9.17) is 4.74 Å². The smallest absolute Gasteiger partial charge is 0.417 e. The summed E-state index contributed by atoms with van der Waals surface area (Å²) in [5.74, 6) is 0.0119. The molecule has 0 saturated carbocycles. The van der Waals surface area contributed by atoms with Gasteiger partial charge in [-0.25, -0.2) is 4.98 Å². The number of rotatable bonds is 7. The van der Waals surface area contributed by atoms with Gasteiger partial charge in [-0.2, -0.15) is 18.4 Å². The lowest BCUT2D eigenvalue weighted by Crippen LogP contribution is -2.15. The minimum absolute atomic E-state index is 0.107. The van der Waals surface area contributed by atoms with Gasteiger partial charge in [-0.15, -0.1) is 11.3 Å². The highest BCUT2D eigenvalue weighted by Gasteiger charge is 2.36. The highest BCUT2D eigenvalue weighted by atomic mass is 32.2. The van der Waals surface area contributed by atoms with E-state index in [1.807, 2.05) is 6.92 Å². The van der Waals surface area contributed by atoms with Crippen LogP contribution in [-0.4, -0.2) is 23.3 Å². The fraction of sp³-hybridized carbons (Fsp3) is 0.190. The number of carbonyl (C=O) groups excluding carboxylic acids is 1. The predicted molar refractivity (Wildman–Crippen MR) is 114 cm³/mol. The van der Waals surface area contributed by atoms with E-state index >= 15 is 0 Å². The third-order valence-electron chi connectivity index (χ3n) is 3.97. The van der Waals surface area contributed by atoms with Crippen LogP contribution in [0.3, 0.4) is 0 Å². The van der Waals surface area contributed by atoms with Crippen LogP contribution >= 0.6 is 23.1 Å². The number of carbonyl (C=O) groups is 1. The van der Waals surface area contributed by atoms with Gasteiger partial charge in [-0.3, -0.25) is 4.79 Å². The molecule has 1 N–H and O–H groups in total. The minimum atomic E-state index is -4.72. The number of thioether (sulfide) groups is 1. The number of thiophene rings is 1. The summed E-state index contributed by atoms with van der Waals surface area (Å²) in [5, 5.41) is 13.6. The van der Waals surface area contributed by atoms with Gasteiger partial charge < -0.3 is 10.1 Å². The van der Waals surface area contributed by atoms with Gasteiger partial charge in [0.25, 0.3) is 0 Å². The molecule has 0 atom stereocenters. The second-order valence-electron chi connectivity index (χ2n) is 6.12. The Kier molecular flexibility index (Phi) is 7.20. The van der Waals surface area contributed by atoms with E-state index in [1.54, 1.807) is 47.8 Å². The summed E-state index contributed by atoms with van der Waals surface area (Å²) in [6.07, 6.45) is -4.72. The zero-order valence-corrected chi connectivity index (χ0v) is 17.8. The fourth-order valence-electron chi connectivity index (χ4n) is 2.64. The Morgan fingerprint density at radius 2 is 2.03 bits per heavy atom. The number of anilines is 1. The van der Waals surface area contributed by atoms with Gasteiger partial charge in [0, 0.05) is 5.69 Å². The molecule has 0 aliphatic heterocycles. The number of aromatic nitrogens is 1. The number of ether oxygens (including phenoxy) is 1. The number of benzene rings is 1. The third kappa shape index (κ3) is 5.77. The molecule has 3 rings (SSSR count). The van der Waals surface area contributed by atoms with Gasteiger partial charge in [0.15, 0.2) is 0 Å². The first-order chi connectivity index (χ1) is 14.8. The second kappa shape index (κ2) is 9.85. The van der Waals surface area contributed by atoms with Gasteiger partial charge in [0.1, 0.15) is 16.8 Å². The highest BCUT2D eigenvalue weighted by Crippen LogP contribution is 2.38. The average molecular weight is 464 g/mol. The van der Waals surface area contributed by atoms with Crippen LogP contribution < -0.4 is 10.1 Å². The maximum Gasteiger partial charge on any atom is 0.417 e. The summed E-state index contributed by atoms with van der Waals surface area (Å²) in [5.41, 5.74) is -1.03. The molecule has 0 spiro atoms. The first-order valence-electron chi connectivity index (χ1n) is 9.03. The molecule has 1 amide bonds. The number of halogens is 3. The van der Waals surface area contributed by atoms with Crippen molar-refractivity contribution < 1.29 is 22.7 Å². The van der Waals surface area contributed by atoms with Gasteiger partial charge in [0.05, 0.1) is 34.1 Å². The summed E-state index contributed by atoms with van der Waals surface area (Å²) in [4.78, 5) is 17.1. The van der Waals surface area contributed by atoms with Crippen molar-refractivity contribution in [3.8, 4) is 22.4 Å². The zero-order valence-electron chi connectivity index (χ0n) is 16.2. The van der Waals surface area contributed by atoms with E-state index in [-0.39, 0.29) is 16.5 Å². The summed E-state index contributed by atoms with van der Waals surface area (Å²) < 4.78 is 45.9. The Morgan fingerprint density at radius 3 is 2.61 bits per heavy atom. The van der Waals surface area contributed by atoms with Crippen LogP contribution in [0.4, 0.5) is 18.9 Å². The summed E-state index contributed by atoms with van der Waals surface area (Å²) in [7, 11) is 0. The van der Waals surface area contributed by atoms with Crippen LogP contribution in [0, 0.1) is 11.3 Å². The van der Waals surface area contributed by atoms with Crippen molar-refractivity contribution in [3.63, 3.8) is 0 Å². The second-order valence-corrected chi connectivity index (χ2v) is 8.03. The average Bonchev–Trinajstić information content (AvgIpc) is 3.27. The molecule has 0 unspecified atom stereocenters. The molecule has 3 aromatic rings. The van der Waals surface area contributed by atoms with E-state index in [2.05, 4.69) is 10.3 Å². The predicted octanol–water partition coefficient (Wildman–Crippen LogP) is 5.83. The standard InChI is InChI=1S/C21H16F3N3O2S2/c1-2-29-14-7-5-13(6-8-14)26-19(28)12-31-20-15(11-25)16(21(22,23)24)10-17(27-20)18-4-3-9-30-18/h3-10H,2,12H2,1H3,(H,26,28). The van der Waals surface area contributed by atoms with Crippen molar-refractivity contribution in [2.75, 3.05) is 17.7 Å². The quantitative estimate of drug-likeness (QED) is 0.446. The molecule has 10 heteroatoms. The molecule has 160 valence electrons. The fourth-order valence-corrected chi connectivity index (χ4v) is 4.13. The Bertz CT molecular complexity index is 1090. The number of hydrogen-bond acceptors (Lipinski definition) is 6. The first kappa shape index (κ1) is 22.7. The number of amides is 1. The number of hydrogen-bond donors (Lipinski definition) is 1. The molecule has 0 saturated heterocycles. The number of nitrogens with zero attached hydrogens (tertiary/aromatic N) is 2. The minimum Gasteiger partial charge on any atom is -0.494 e. The Labute approximate surface area is 184 Å². The molecule has 0 bridgehead atoms. The van der Waals surface area contributed by atoms with Crippen molar-refractivity contribution in [1.82, 2.24) is 4.98 Å². The van der Waals surface area contributed by atoms with Crippen LogP contribution in [-0.2, 0) is 11.0 Å². The van der Waals surface area contributed by atoms with Gasteiger partial charge in [0.2, 0.25) is 5.91 Å². The van der Waals surface area contributed by atoms with Crippen LogP contribution in [0.15, 0.2) is 52.9 Å². The van der Waals surface area contributed by atoms with E-state index in [1.165, 1.54) is 11.3 Å². The normalized spacial score (nSPS) is 11.1. The van der Waals surface area contributed by atoms with Crippen LogP contribution in [0.1, 0.15) is 18.1 Å². The zero-order chi connectivity index (χ0) is 22.4. The molecule has 0 fully saturated rings. The molecule has 0 aliphatic rings. The van der Waals surface area contributed by atoms with E-state index in [0.29, 0.717) is 22.9 Å². The Hall–Kier alpha value is -3.03. The monoisotopic (exact) mass is 463 g/mol. The molecule has 31 heavy (non-hydrogen) atoms. The number of pyridine rings is 1. The van der Waals surface area contributed by atoms with Gasteiger partial charge in [-0.05, 0) is 48.7 Å². The number of nitriles is 1. The maximum absolute atomic E-state index is 13.5. The van der Waals surface area contributed by atoms with E-state index in [0.717, 1.165) is 17.8 Å². The molecule has 2 aromatic heterocycles. The van der Waals surface area contributed by atoms with Gasteiger partial charge >= 0.3 is 6.18 Å². The molecular weight excluding hydrogens is 447 g/mol. The third-order valence-corrected chi connectivity index (χ3v) is 5.83. The largest absolute Gasteiger partial charge is 0.494 e. The van der Waals surface area contributed by atoms with Crippen LogP contribution in [0.5, 0.6) is 5.75 Å². The lowest BCUT2D eigenvalue weighted by atomic mass is 10.1. The number of alkyl halides is 3. The summed E-state index contributed by atoms with van der Waals surface area (Å²) in [6.45, 7) is 2.37. The molecule has 5 nitrogen and oxygen atoms in total. The topological polar surface area (TPSA) is 75.0 Å². The molecule has 1 aromatic carbocycles. The van der Waals surface area contributed by atoms with E-state index in [9.17, 15) is 23.2 Å². The van der Waals surface area contributed by atoms with Crippen molar-refractivity contribution >= 4 is 34.7 Å². The maximum atomic E-state index is 13.5. The first-order valence-corrected chi connectivity index (χ1v) is 10.9. The van der Waals surface area contributed by atoms with Crippen LogP contribution in [0.25, 0.3) is 10.6 Å². The van der Waals surface area contributed by atoms with Crippen molar-refractivity contribution in [2.45, 2.75) is 18.1 Å². The van der Waals surface area contributed by atoms with Gasteiger partial charge in [-0.1, -0.05) is 17.8 Å². The lowest BCUT2D eigenvalue weighted by Gasteiger charge is -2.13. The van der Waals surface area contributed by atoms with Crippen molar-refractivity contribution in [1.29, 1.82) is 5.26 Å². The van der Waals surface area contributed by atoms with Crippen molar-refractivity contribution in [3.05, 3.63) is 59.0 Å². The summed E-state index contributed by atoms with van der Waals surface area (Å²) >= 11 is 2.02.